The van der Waals surface area contributed by atoms with Gasteiger partial charge in [0.05, 0.1) is 29.6 Å². The molecule has 2 aromatic heterocycles. The van der Waals surface area contributed by atoms with Crippen molar-refractivity contribution in [2.75, 3.05) is 23.8 Å². The molecule has 0 saturated carbocycles. The number of hydrogen-bond acceptors (Lipinski definition) is 7. The molecule has 1 aromatic carbocycles. The van der Waals surface area contributed by atoms with E-state index in [9.17, 15) is 18.0 Å². The van der Waals surface area contributed by atoms with E-state index in [2.05, 4.69) is 20.7 Å². The summed E-state index contributed by atoms with van der Waals surface area (Å²) in [5.74, 6) is -1.73. The van der Waals surface area contributed by atoms with Crippen LogP contribution in [-0.4, -0.2) is 52.4 Å². The van der Waals surface area contributed by atoms with Gasteiger partial charge in [-0.2, -0.15) is 5.10 Å². The molecule has 1 amide bonds. The first-order valence-electron chi connectivity index (χ1n) is 9.93. The number of aromatic nitrogens is 3. The second-order valence-corrected chi connectivity index (χ2v) is 7.44. The Kier molecular flexibility index (Phi) is 6.15. The van der Waals surface area contributed by atoms with Gasteiger partial charge in [-0.3, -0.25) is 9.48 Å². The number of carbonyl (C=O) groups is 1. The van der Waals surface area contributed by atoms with E-state index in [1.165, 1.54) is 10.9 Å². The number of amides is 1. The normalized spacial score (nSPS) is 18.8. The van der Waals surface area contributed by atoms with Gasteiger partial charge in [-0.05, 0) is 24.6 Å². The number of alkyl halides is 2. The summed E-state index contributed by atoms with van der Waals surface area (Å²) in [7, 11) is 0. The SMILES string of the molecule is NC(=O)c1cc(F)c(N[C@@H]2CCOC[C@@H]2N)nc1Nc1cccc2c1cnn2CC(F)F. The summed E-state index contributed by atoms with van der Waals surface area (Å²) in [4.78, 5) is 16.2. The number of hydrogen-bond donors (Lipinski definition) is 4. The van der Waals surface area contributed by atoms with Gasteiger partial charge in [0.15, 0.2) is 11.6 Å². The Morgan fingerprint density at radius 1 is 1.34 bits per heavy atom. The maximum atomic E-state index is 14.7. The highest BCUT2D eigenvalue weighted by molar-refractivity contribution is 6.00. The van der Waals surface area contributed by atoms with Crippen LogP contribution in [0.4, 0.5) is 30.5 Å². The summed E-state index contributed by atoms with van der Waals surface area (Å²) in [5, 5.41) is 10.5. The molecule has 0 unspecified atom stereocenters. The first-order valence-corrected chi connectivity index (χ1v) is 9.93. The number of carbonyl (C=O) groups excluding carboxylic acids is 1. The van der Waals surface area contributed by atoms with E-state index in [0.717, 1.165) is 6.07 Å². The van der Waals surface area contributed by atoms with Gasteiger partial charge in [0, 0.05) is 24.1 Å². The first-order chi connectivity index (χ1) is 15.3. The summed E-state index contributed by atoms with van der Waals surface area (Å²) in [6.07, 6.45) is -0.584. The largest absolute Gasteiger partial charge is 0.380 e. The Morgan fingerprint density at radius 3 is 2.88 bits per heavy atom. The average molecular weight is 449 g/mol. The highest BCUT2D eigenvalue weighted by Gasteiger charge is 2.25. The fourth-order valence-electron chi connectivity index (χ4n) is 3.60. The van der Waals surface area contributed by atoms with Gasteiger partial charge in [-0.15, -0.1) is 0 Å². The van der Waals surface area contributed by atoms with Gasteiger partial charge in [0.2, 0.25) is 0 Å². The second kappa shape index (κ2) is 9.01. The van der Waals surface area contributed by atoms with Crippen molar-refractivity contribution in [3.05, 3.63) is 41.8 Å². The highest BCUT2D eigenvalue weighted by atomic mass is 19.3. The van der Waals surface area contributed by atoms with Crippen molar-refractivity contribution >= 4 is 34.1 Å². The molecule has 2 atom stereocenters. The topological polar surface area (TPSA) is 133 Å². The number of nitrogens with two attached hydrogens (primary N) is 2. The third-order valence-electron chi connectivity index (χ3n) is 5.22. The number of fused-ring (bicyclic) bond motifs is 1. The molecule has 4 rings (SSSR count). The lowest BCUT2D eigenvalue weighted by atomic mass is 10.0. The summed E-state index contributed by atoms with van der Waals surface area (Å²) in [5.41, 5.74) is 12.2. The zero-order valence-electron chi connectivity index (χ0n) is 16.9. The Morgan fingerprint density at radius 2 is 2.16 bits per heavy atom. The minimum absolute atomic E-state index is 0.0103. The van der Waals surface area contributed by atoms with Crippen molar-refractivity contribution in [3.8, 4) is 0 Å². The van der Waals surface area contributed by atoms with Crippen LogP contribution in [0.5, 0.6) is 0 Å². The molecule has 32 heavy (non-hydrogen) atoms. The Bertz CT molecular complexity index is 1140. The van der Waals surface area contributed by atoms with Gasteiger partial charge in [0.25, 0.3) is 12.3 Å². The zero-order valence-corrected chi connectivity index (χ0v) is 16.9. The number of nitrogens with one attached hydrogen (secondary N) is 2. The number of nitrogens with zero attached hydrogens (tertiary/aromatic N) is 3. The first kappa shape index (κ1) is 21.8. The van der Waals surface area contributed by atoms with E-state index in [1.807, 2.05) is 0 Å². The molecule has 1 fully saturated rings. The Balaban J connectivity index is 1.69. The molecule has 6 N–H and O–H groups in total. The zero-order chi connectivity index (χ0) is 22.8. The van der Waals surface area contributed by atoms with Gasteiger partial charge >= 0.3 is 0 Å². The monoisotopic (exact) mass is 449 g/mol. The van der Waals surface area contributed by atoms with Gasteiger partial charge in [-0.25, -0.2) is 18.2 Å². The van der Waals surface area contributed by atoms with E-state index in [-0.39, 0.29) is 29.3 Å². The van der Waals surface area contributed by atoms with Crippen LogP contribution in [-0.2, 0) is 11.3 Å². The minimum Gasteiger partial charge on any atom is -0.380 e. The van der Waals surface area contributed by atoms with E-state index in [4.69, 9.17) is 16.2 Å². The van der Waals surface area contributed by atoms with Crippen LogP contribution in [0.2, 0.25) is 0 Å². The van der Waals surface area contributed by atoms with Crippen LogP contribution in [0, 0.1) is 5.82 Å². The van der Waals surface area contributed by atoms with Crippen molar-refractivity contribution < 1.29 is 22.7 Å². The van der Waals surface area contributed by atoms with Gasteiger partial charge in [0.1, 0.15) is 12.4 Å². The summed E-state index contributed by atoms with van der Waals surface area (Å²) < 4.78 is 46.8. The smallest absolute Gasteiger partial charge is 0.257 e. The number of pyridine rings is 1. The predicted octanol–water partition coefficient (Wildman–Crippen LogP) is 2.21. The molecule has 12 heteroatoms. The maximum absolute atomic E-state index is 14.7. The van der Waals surface area contributed by atoms with Crippen LogP contribution in [0.1, 0.15) is 16.8 Å². The lowest BCUT2D eigenvalue weighted by Gasteiger charge is -2.30. The molecule has 9 nitrogen and oxygen atoms in total. The maximum Gasteiger partial charge on any atom is 0.257 e. The molecular weight excluding hydrogens is 427 g/mol. The molecular formula is C20H22F3N7O2. The van der Waals surface area contributed by atoms with E-state index in [1.54, 1.807) is 18.2 Å². The molecule has 1 aliphatic heterocycles. The average Bonchev–Trinajstić information content (AvgIpc) is 3.15. The lowest BCUT2D eigenvalue weighted by molar-refractivity contribution is 0.0751. The molecule has 0 bridgehead atoms. The number of ether oxygens (including phenoxy) is 1. The van der Waals surface area contributed by atoms with Crippen LogP contribution in [0.25, 0.3) is 10.9 Å². The summed E-state index contributed by atoms with van der Waals surface area (Å²) >= 11 is 0. The van der Waals surface area contributed by atoms with E-state index >= 15 is 0 Å². The van der Waals surface area contributed by atoms with Crippen molar-refractivity contribution in [1.29, 1.82) is 0 Å². The molecule has 3 aromatic rings. The number of anilines is 3. The fourth-order valence-corrected chi connectivity index (χ4v) is 3.60. The van der Waals surface area contributed by atoms with E-state index < -0.39 is 24.7 Å². The van der Waals surface area contributed by atoms with Crippen molar-refractivity contribution in [3.63, 3.8) is 0 Å². The summed E-state index contributed by atoms with van der Waals surface area (Å²) in [6.45, 7) is 0.240. The quantitative estimate of drug-likeness (QED) is 0.435. The Hall–Kier alpha value is -3.38. The molecule has 0 aliphatic carbocycles. The highest BCUT2D eigenvalue weighted by Crippen LogP contribution is 2.29. The number of benzene rings is 1. The standard InChI is InChI=1S/C20H22F3N7O2/c21-12-6-10(18(25)31)19(29-20(12)28-15-4-5-32-9-13(15)24)27-14-2-1-3-16-11(14)7-26-30(16)8-17(22)23/h1-3,6-7,13,15,17H,4-5,8-9,24H2,(H2,25,31)(H2,27,28,29)/t13-,15+/m0/s1. The van der Waals surface area contributed by atoms with Crippen molar-refractivity contribution in [2.24, 2.45) is 11.5 Å². The van der Waals surface area contributed by atoms with Crippen LogP contribution in [0.3, 0.4) is 0 Å². The third-order valence-corrected chi connectivity index (χ3v) is 5.22. The van der Waals surface area contributed by atoms with Crippen LogP contribution in [0.15, 0.2) is 30.5 Å². The minimum atomic E-state index is -2.57. The van der Waals surface area contributed by atoms with Crippen LogP contribution < -0.4 is 22.1 Å². The Labute approximate surface area is 180 Å². The molecule has 1 aliphatic rings. The van der Waals surface area contributed by atoms with E-state index in [0.29, 0.717) is 36.2 Å². The lowest BCUT2D eigenvalue weighted by Crippen LogP contribution is -2.47. The predicted molar refractivity (Wildman–Crippen MR) is 113 cm³/mol. The van der Waals surface area contributed by atoms with Gasteiger partial charge in [-0.1, -0.05) is 6.07 Å². The van der Waals surface area contributed by atoms with Crippen molar-refractivity contribution in [1.82, 2.24) is 14.8 Å². The molecule has 170 valence electrons. The van der Waals surface area contributed by atoms with Gasteiger partial charge < -0.3 is 26.8 Å². The molecule has 1 saturated heterocycles. The second-order valence-electron chi connectivity index (χ2n) is 7.44. The fraction of sp³-hybridized carbons (Fsp3) is 0.350. The number of halogens is 3. The molecule has 3 heterocycles. The van der Waals surface area contributed by atoms with Crippen molar-refractivity contribution in [2.45, 2.75) is 31.5 Å². The summed E-state index contributed by atoms with van der Waals surface area (Å²) in [6, 6.07) is 5.31. The number of primary amides is 1. The van der Waals surface area contributed by atoms with Crippen LogP contribution >= 0.6 is 0 Å². The molecule has 0 radical (unpaired) electrons. The number of rotatable bonds is 7. The third kappa shape index (κ3) is 4.46. The molecule has 0 spiro atoms.